The third-order valence-electron chi connectivity index (χ3n) is 10.1. The summed E-state index contributed by atoms with van der Waals surface area (Å²) in [6.07, 6.45) is 2.71. The topological polar surface area (TPSA) is 151 Å². The van der Waals surface area contributed by atoms with Gasteiger partial charge in [0.1, 0.15) is 11.6 Å². The van der Waals surface area contributed by atoms with E-state index in [0.717, 1.165) is 22.3 Å². The van der Waals surface area contributed by atoms with Crippen LogP contribution in [-0.4, -0.2) is 54.2 Å². The second kappa shape index (κ2) is 22.7. The highest BCUT2D eigenvalue weighted by Crippen LogP contribution is 2.32. The maximum Gasteiger partial charge on any atom is 0.310 e. The van der Waals surface area contributed by atoms with Crippen LogP contribution in [0.2, 0.25) is 23.2 Å². The fraction of sp³-hybridized carbons (Fsp3) is 0.435. The molecule has 0 aliphatic carbocycles. The minimum atomic E-state index is -0.739. The molecule has 7 N–H and O–H groups in total. The summed E-state index contributed by atoms with van der Waals surface area (Å²) < 4.78 is 38.6. The molecule has 4 rings (SSSR count). The molecule has 8 nitrogen and oxygen atoms in total. The second-order valence-corrected chi connectivity index (χ2v) is 17.4. The summed E-state index contributed by atoms with van der Waals surface area (Å²) in [5.41, 5.74) is 21.7. The first-order valence-electron chi connectivity index (χ1n) is 20.1. The third kappa shape index (κ3) is 15.9. The third-order valence-corrected chi connectivity index (χ3v) is 10.6. The molecular formula is C46H60BCl2F2N3O5. The van der Waals surface area contributed by atoms with Crippen molar-refractivity contribution in [3.63, 3.8) is 0 Å². The average Bonchev–Trinajstić information content (AvgIpc) is 3.14. The van der Waals surface area contributed by atoms with Crippen LogP contribution in [0.3, 0.4) is 0 Å². The molecule has 0 aliphatic heterocycles. The van der Waals surface area contributed by atoms with E-state index in [2.05, 4.69) is 0 Å². The van der Waals surface area contributed by atoms with Crippen molar-refractivity contribution in [2.75, 3.05) is 13.2 Å². The van der Waals surface area contributed by atoms with Crippen molar-refractivity contribution >= 4 is 42.1 Å². The minimum absolute atomic E-state index is 0.0333. The van der Waals surface area contributed by atoms with Gasteiger partial charge in [0.15, 0.2) is 0 Å². The molecule has 0 bridgehead atoms. The molecule has 0 aliphatic rings. The number of nitrogens with two attached hydrogens (primary N) is 3. The van der Waals surface area contributed by atoms with E-state index in [9.17, 15) is 23.4 Å². The summed E-state index contributed by atoms with van der Waals surface area (Å²) >= 11 is 12.0. The van der Waals surface area contributed by atoms with Gasteiger partial charge in [-0.25, -0.2) is 8.78 Å². The fourth-order valence-electron chi connectivity index (χ4n) is 7.07. The zero-order valence-corrected chi connectivity index (χ0v) is 36.8. The van der Waals surface area contributed by atoms with E-state index in [1.807, 2.05) is 62.4 Å². The maximum absolute atomic E-state index is 14.2. The molecule has 4 aromatic carbocycles. The molecule has 0 spiro atoms. The van der Waals surface area contributed by atoms with Crippen LogP contribution in [0.1, 0.15) is 65.5 Å². The van der Waals surface area contributed by atoms with Crippen molar-refractivity contribution in [1.29, 1.82) is 0 Å². The molecule has 13 heteroatoms. The van der Waals surface area contributed by atoms with Crippen LogP contribution < -0.4 is 17.2 Å². The molecule has 0 saturated carbocycles. The van der Waals surface area contributed by atoms with Gasteiger partial charge < -0.3 is 31.7 Å². The molecule has 320 valence electrons. The van der Waals surface area contributed by atoms with Gasteiger partial charge in [-0.05, 0) is 138 Å². The van der Waals surface area contributed by atoms with Crippen molar-refractivity contribution < 1.29 is 32.9 Å². The fourth-order valence-corrected chi connectivity index (χ4v) is 7.42. The van der Waals surface area contributed by atoms with Crippen LogP contribution in [0.15, 0.2) is 84.9 Å². The van der Waals surface area contributed by atoms with E-state index in [1.54, 1.807) is 46.7 Å². The highest BCUT2D eigenvalue weighted by Gasteiger charge is 2.36. The van der Waals surface area contributed by atoms with Gasteiger partial charge in [0.05, 0.1) is 25.0 Å². The second-order valence-electron chi connectivity index (χ2n) is 16.5. The number of carbonyl (C=O) groups excluding carboxylic acids is 2. The Balaban J connectivity index is 0.000000317. The number of carbonyl (C=O) groups is 2. The number of hydrogen-bond acceptors (Lipinski definition) is 8. The lowest BCUT2D eigenvalue weighted by Gasteiger charge is -2.32. The Morgan fingerprint density at radius 1 is 0.695 bits per heavy atom. The van der Waals surface area contributed by atoms with Crippen LogP contribution in [0, 0.1) is 29.4 Å². The van der Waals surface area contributed by atoms with Crippen molar-refractivity contribution in [1.82, 2.24) is 0 Å². The largest absolute Gasteiger partial charge is 0.466 e. The molecular weight excluding hydrogens is 794 g/mol. The van der Waals surface area contributed by atoms with Gasteiger partial charge in [-0.15, -0.1) is 0 Å². The van der Waals surface area contributed by atoms with E-state index in [-0.39, 0.29) is 35.5 Å². The van der Waals surface area contributed by atoms with E-state index in [0.29, 0.717) is 66.4 Å². The molecule has 0 saturated heterocycles. The summed E-state index contributed by atoms with van der Waals surface area (Å²) in [5.74, 6) is -2.21. The van der Waals surface area contributed by atoms with Gasteiger partial charge in [-0.3, -0.25) is 9.59 Å². The van der Waals surface area contributed by atoms with Gasteiger partial charge >= 0.3 is 11.9 Å². The van der Waals surface area contributed by atoms with E-state index >= 15 is 0 Å². The Morgan fingerprint density at radius 2 is 1.08 bits per heavy atom. The smallest absolute Gasteiger partial charge is 0.310 e. The molecule has 0 fully saturated rings. The number of esters is 2. The first-order chi connectivity index (χ1) is 27.6. The van der Waals surface area contributed by atoms with Crippen LogP contribution in [-0.2, 0) is 31.9 Å². The van der Waals surface area contributed by atoms with Gasteiger partial charge in [-0.1, -0.05) is 78.6 Å². The van der Waals surface area contributed by atoms with Crippen molar-refractivity contribution in [3.8, 4) is 22.3 Å². The standard InChI is InChI=1S/C24H32BClFNO3.C22H28ClFN2O2/c1-5-31-23(29)21(24(2,3)28)13-17(15-25(4)30)12-16-6-8-18(9-7-16)20-14-19(26)10-11-22(20)27;1-4-28-21(27)19(22(2,3)26)13-17(25)11-14-5-7-15(8-6-14)18-12-16(23)9-10-20(18)24/h6-11,14,17,21,30H,5,12-13,15,28H2,1-4H3;5-10,12,17,19H,4,11,13,25-26H2,1-3H3/t17-,21-;17-,19-/m11/s1. The minimum Gasteiger partial charge on any atom is -0.466 e. The van der Waals surface area contributed by atoms with Crippen molar-refractivity contribution in [2.45, 2.75) is 97.5 Å². The average molecular weight is 855 g/mol. The van der Waals surface area contributed by atoms with E-state index < -0.39 is 29.8 Å². The molecule has 0 heterocycles. The number of benzene rings is 4. The first-order valence-corrected chi connectivity index (χ1v) is 20.8. The molecule has 0 aromatic heterocycles. The van der Waals surface area contributed by atoms with Crippen LogP contribution in [0.5, 0.6) is 0 Å². The Bertz CT molecular complexity index is 1950. The lowest BCUT2D eigenvalue weighted by Crippen LogP contribution is -2.48. The van der Waals surface area contributed by atoms with Crippen molar-refractivity contribution in [3.05, 3.63) is 118 Å². The predicted molar refractivity (Wildman–Crippen MR) is 237 cm³/mol. The number of halogens is 4. The van der Waals surface area contributed by atoms with Gasteiger partial charge in [0.25, 0.3) is 6.92 Å². The highest BCUT2D eigenvalue weighted by molar-refractivity contribution is 6.48. The van der Waals surface area contributed by atoms with Crippen LogP contribution in [0.4, 0.5) is 8.78 Å². The predicted octanol–water partition coefficient (Wildman–Crippen LogP) is 9.55. The summed E-state index contributed by atoms with van der Waals surface area (Å²) in [5, 5.41) is 11.0. The zero-order chi connectivity index (χ0) is 44.1. The molecule has 0 amide bonds. The lowest BCUT2D eigenvalue weighted by atomic mass is 9.61. The molecule has 4 aromatic rings. The molecule has 0 unspecified atom stereocenters. The Labute approximate surface area is 359 Å². The number of rotatable bonds is 18. The summed E-state index contributed by atoms with van der Waals surface area (Å²) in [4.78, 5) is 24.7. The number of ether oxygens (including phenoxy) is 2. The maximum atomic E-state index is 14.2. The SMILES string of the molecule is CCOC(=O)[C@@H](C[C@H](CB(C)O)Cc1ccc(-c2cc(Cl)ccc2F)cc1)C(C)(C)N.CCOC(=O)[C@@H](C[C@H](N)Cc1ccc(-c2cc(Cl)ccc2F)cc1)C(C)(C)N. The number of hydrogen-bond donors (Lipinski definition) is 4. The molecule has 0 radical (unpaired) electrons. The van der Waals surface area contributed by atoms with Crippen LogP contribution >= 0.6 is 23.2 Å². The highest BCUT2D eigenvalue weighted by atomic mass is 35.5. The van der Waals surface area contributed by atoms with Crippen molar-refractivity contribution in [2.24, 2.45) is 35.0 Å². The normalized spacial score (nSPS) is 13.7. The Hall–Kier alpha value is -3.84. The van der Waals surface area contributed by atoms with Gasteiger partial charge in [-0.2, -0.15) is 0 Å². The Morgan fingerprint density at radius 3 is 1.46 bits per heavy atom. The summed E-state index contributed by atoms with van der Waals surface area (Å²) in [7, 11) is 0. The quantitative estimate of drug-likeness (QED) is 0.0571. The summed E-state index contributed by atoms with van der Waals surface area (Å²) in [6.45, 7) is 12.6. The van der Waals surface area contributed by atoms with E-state index in [4.69, 9.17) is 49.9 Å². The lowest BCUT2D eigenvalue weighted by molar-refractivity contribution is -0.151. The van der Waals surface area contributed by atoms with Gasteiger partial charge in [0.2, 0.25) is 0 Å². The van der Waals surface area contributed by atoms with E-state index in [1.165, 1.54) is 24.3 Å². The molecule has 4 atom stereocenters. The van der Waals surface area contributed by atoms with Gasteiger partial charge in [0, 0.05) is 38.3 Å². The monoisotopic (exact) mass is 853 g/mol. The first kappa shape index (κ1) is 49.5. The van der Waals surface area contributed by atoms with Crippen LogP contribution in [0.25, 0.3) is 22.3 Å². The summed E-state index contributed by atoms with van der Waals surface area (Å²) in [6, 6.07) is 23.8. The molecule has 59 heavy (non-hydrogen) atoms. The Kier molecular flexibility index (Phi) is 19.0. The zero-order valence-electron chi connectivity index (χ0n) is 35.2.